The van der Waals surface area contributed by atoms with Crippen molar-refractivity contribution in [2.75, 3.05) is 13.7 Å². The van der Waals surface area contributed by atoms with Crippen LogP contribution in [0.2, 0.25) is 0 Å². The predicted octanol–water partition coefficient (Wildman–Crippen LogP) is 5.36. The first-order chi connectivity index (χ1) is 12.9. The van der Waals surface area contributed by atoms with Gasteiger partial charge in [-0.25, -0.2) is 4.79 Å². The minimum atomic E-state index is -0.517. The van der Waals surface area contributed by atoms with E-state index in [2.05, 4.69) is 32.9 Å². The van der Waals surface area contributed by atoms with Crippen molar-refractivity contribution in [3.8, 4) is 0 Å². The zero-order valence-electron chi connectivity index (χ0n) is 17.4. The van der Waals surface area contributed by atoms with E-state index >= 15 is 0 Å². The third kappa shape index (κ3) is 3.03. The molecule has 0 N–H and O–H groups in total. The zero-order chi connectivity index (χ0) is 19.2. The molecule has 0 amide bonds. The molecule has 0 radical (unpaired) electrons. The molecule has 4 nitrogen and oxygen atoms in total. The van der Waals surface area contributed by atoms with Crippen molar-refractivity contribution >= 4 is 6.16 Å². The van der Waals surface area contributed by atoms with Crippen LogP contribution in [0.25, 0.3) is 0 Å². The summed E-state index contributed by atoms with van der Waals surface area (Å²) in [5.74, 6) is 2.92. The van der Waals surface area contributed by atoms with Crippen LogP contribution in [0.15, 0.2) is 12.2 Å². The lowest BCUT2D eigenvalue weighted by Gasteiger charge is -2.59. The standard InChI is InChI=1S/C23H36O4/c1-5-26-16-10-12-22(2)15(14-16)6-7-17-18-8-9-20(27-21(24)25-4)23(18,3)13-11-19(17)22/h10,12,15-20H,5-9,11,13-14H2,1-4H3/t15-,16+,17-,18-,19-,20-,22-,23-/m0/s1. The van der Waals surface area contributed by atoms with Gasteiger partial charge in [0.25, 0.3) is 0 Å². The molecule has 0 spiro atoms. The molecule has 0 aliphatic heterocycles. The number of rotatable bonds is 3. The van der Waals surface area contributed by atoms with Crippen molar-refractivity contribution in [1.29, 1.82) is 0 Å². The van der Waals surface area contributed by atoms with Crippen LogP contribution in [-0.2, 0) is 14.2 Å². The molecule has 4 heteroatoms. The molecule has 4 rings (SSSR count). The molecule has 0 heterocycles. The quantitative estimate of drug-likeness (QED) is 0.491. The Kier molecular flexibility index (Phi) is 5.07. The Balaban J connectivity index is 1.54. The molecule has 3 fully saturated rings. The summed E-state index contributed by atoms with van der Waals surface area (Å²) in [6.07, 6.45) is 13.1. The fourth-order valence-corrected chi connectivity index (χ4v) is 7.42. The second kappa shape index (κ2) is 7.09. The molecule has 0 aromatic carbocycles. The first-order valence-electron chi connectivity index (χ1n) is 11.0. The van der Waals surface area contributed by atoms with E-state index in [4.69, 9.17) is 14.2 Å². The van der Waals surface area contributed by atoms with Crippen LogP contribution in [0.3, 0.4) is 0 Å². The molecular formula is C23H36O4. The van der Waals surface area contributed by atoms with E-state index in [9.17, 15) is 4.79 Å². The molecule has 0 saturated heterocycles. The molecule has 0 bridgehead atoms. The van der Waals surface area contributed by atoms with E-state index in [-0.39, 0.29) is 11.5 Å². The van der Waals surface area contributed by atoms with E-state index in [0.717, 1.165) is 37.2 Å². The molecule has 3 saturated carbocycles. The van der Waals surface area contributed by atoms with Gasteiger partial charge in [0.05, 0.1) is 13.2 Å². The number of ether oxygens (including phenoxy) is 3. The Labute approximate surface area is 164 Å². The van der Waals surface area contributed by atoms with Crippen LogP contribution in [0.5, 0.6) is 0 Å². The number of methoxy groups -OCH3 is 1. The largest absolute Gasteiger partial charge is 0.508 e. The second-order valence-corrected chi connectivity index (χ2v) is 9.79. The number of carbonyl (C=O) groups excluding carboxylic acids is 1. The van der Waals surface area contributed by atoms with Gasteiger partial charge in [0.2, 0.25) is 0 Å². The summed E-state index contributed by atoms with van der Waals surface area (Å²) in [6, 6.07) is 0. The summed E-state index contributed by atoms with van der Waals surface area (Å²) in [4.78, 5) is 11.7. The van der Waals surface area contributed by atoms with Crippen molar-refractivity contribution in [3.63, 3.8) is 0 Å². The first-order valence-corrected chi connectivity index (χ1v) is 11.0. The number of hydrogen-bond donors (Lipinski definition) is 0. The van der Waals surface area contributed by atoms with Crippen molar-refractivity contribution in [3.05, 3.63) is 12.2 Å². The highest BCUT2D eigenvalue weighted by Crippen LogP contribution is 2.65. The molecule has 0 aromatic heterocycles. The van der Waals surface area contributed by atoms with Gasteiger partial charge in [-0.1, -0.05) is 26.0 Å². The maximum atomic E-state index is 11.7. The van der Waals surface area contributed by atoms with Crippen molar-refractivity contribution in [2.24, 2.45) is 34.5 Å². The minimum absolute atomic E-state index is 0.0191. The van der Waals surface area contributed by atoms with E-state index in [1.54, 1.807) is 0 Å². The first kappa shape index (κ1) is 19.3. The van der Waals surface area contributed by atoms with Crippen molar-refractivity contribution in [2.45, 2.75) is 77.9 Å². The Morgan fingerprint density at radius 3 is 2.67 bits per heavy atom. The molecule has 152 valence electrons. The van der Waals surface area contributed by atoms with Gasteiger partial charge in [-0.3, -0.25) is 0 Å². The Morgan fingerprint density at radius 1 is 1.11 bits per heavy atom. The van der Waals surface area contributed by atoms with Gasteiger partial charge < -0.3 is 14.2 Å². The van der Waals surface area contributed by atoms with Crippen molar-refractivity contribution in [1.82, 2.24) is 0 Å². The summed E-state index contributed by atoms with van der Waals surface area (Å²) in [7, 11) is 1.40. The summed E-state index contributed by atoms with van der Waals surface area (Å²) >= 11 is 0. The SMILES string of the molecule is CCO[C@@H]1C=C[C@@]2(C)[C@@H](CC[C@@H]3[C@@H]2CC[C@]2(C)[C@@H](OC(=O)OC)CC[C@@H]32)C1. The van der Waals surface area contributed by atoms with E-state index in [0.29, 0.717) is 17.4 Å². The lowest BCUT2D eigenvalue weighted by molar-refractivity contribution is -0.108. The molecule has 0 unspecified atom stereocenters. The lowest BCUT2D eigenvalue weighted by Crippen LogP contribution is -2.53. The summed E-state index contributed by atoms with van der Waals surface area (Å²) in [5.41, 5.74) is 0.421. The molecule has 0 aromatic rings. The molecule has 4 aliphatic carbocycles. The molecule has 4 aliphatic rings. The number of allylic oxidation sites excluding steroid dienone is 1. The molecule has 8 atom stereocenters. The summed E-state index contributed by atoms with van der Waals surface area (Å²) < 4.78 is 16.4. The highest BCUT2D eigenvalue weighted by atomic mass is 16.7. The van der Waals surface area contributed by atoms with Crippen molar-refractivity contribution < 1.29 is 19.0 Å². The maximum absolute atomic E-state index is 11.7. The fraction of sp³-hybridized carbons (Fsp3) is 0.870. The van der Waals surface area contributed by atoms with Gasteiger partial charge in [-0.05, 0) is 81.0 Å². The van der Waals surface area contributed by atoms with Gasteiger partial charge in [0, 0.05) is 12.0 Å². The highest BCUT2D eigenvalue weighted by molar-refractivity contribution is 5.60. The topological polar surface area (TPSA) is 44.8 Å². The van der Waals surface area contributed by atoms with Crippen LogP contribution in [0.1, 0.15) is 65.7 Å². The Bertz CT molecular complexity index is 601. The zero-order valence-corrected chi connectivity index (χ0v) is 17.4. The fourth-order valence-electron chi connectivity index (χ4n) is 7.42. The van der Waals surface area contributed by atoms with Gasteiger partial charge in [0.15, 0.2) is 0 Å². The molecule has 27 heavy (non-hydrogen) atoms. The lowest BCUT2D eigenvalue weighted by atomic mass is 9.46. The van der Waals surface area contributed by atoms with Gasteiger partial charge in [0.1, 0.15) is 6.10 Å². The third-order valence-electron chi connectivity index (χ3n) is 8.85. The van der Waals surface area contributed by atoms with E-state index in [1.807, 2.05) is 0 Å². The smallest absolute Gasteiger partial charge is 0.438 e. The Morgan fingerprint density at radius 2 is 1.93 bits per heavy atom. The number of carbonyl (C=O) groups is 1. The van der Waals surface area contributed by atoms with Crippen LogP contribution in [-0.4, -0.2) is 32.1 Å². The second-order valence-electron chi connectivity index (χ2n) is 9.79. The summed E-state index contributed by atoms with van der Waals surface area (Å²) in [5, 5.41) is 0. The van der Waals surface area contributed by atoms with E-state index < -0.39 is 6.16 Å². The van der Waals surface area contributed by atoms with Crippen LogP contribution < -0.4 is 0 Å². The van der Waals surface area contributed by atoms with Gasteiger partial charge >= 0.3 is 6.16 Å². The average molecular weight is 377 g/mol. The predicted molar refractivity (Wildman–Crippen MR) is 104 cm³/mol. The Hall–Kier alpha value is -1.03. The highest BCUT2D eigenvalue weighted by Gasteiger charge is 2.60. The maximum Gasteiger partial charge on any atom is 0.508 e. The molecular weight excluding hydrogens is 340 g/mol. The number of fused-ring (bicyclic) bond motifs is 5. The average Bonchev–Trinajstić information content (AvgIpc) is 2.98. The number of hydrogen-bond acceptors (Lipinski definition) is 4. The van der Waals surface area contributed by atoms with Crippen LogP contribution in [0, 0.1) is 34.5 Å². The van der Waals surface area contributed by atoms with Crippen LogP contribution in [0.4, 0.5) is 4.79 Å². The van der Waals surface area contributed by atoms with E-state index in [1.165, 1.54) is 39.2 Å². The third-order valence-corrected chi connectivity index (χ3v) is 8.85. The van der Waals surface area contributed by atoms with Crippen LogP contribution >= 0.6 is 0 Å². The monoisotopic (exact) mass is 376 g/mol. The minimum Gasteiger partial charge on any atom is -0.438 e. The van der Waals surface area contributed by atoms with Gasteiger partial charge in [-0.15, -0.1) is 0 Å². The normalized spacial score (nSPS) is 48.3. The van der Waals surface area contributed by atoms with Gasteiger partial charge in [-0.2, -0.15) is 0 Å². The summed E-state index contributed by atoms with van der Waals surface area (Å²) in [6.45, 7) is 7.76.